The van der Waals surface area contributed by atoms with E-state index < -0.39 is 15.8 Å². The van der Waals surface area contributed by atoms with E-state index in [0.29, 0.717) is 11.1 Å². The molecule has 5 aromatic rings. The van der Waals surface area contributed by atoms with E-state index in [4.69, 9.17) is 5.73 Å². The number of hydrogen-bond acceptors (Lipinski definition) is 5. The minimum atomic E-state index is -3.41. The smallest absolute Gasteiger partial charge is 0.209 e. The number of nitrogens with zero attached hydrogens (tertiary/aromatic N) is 2. The number of piperidine rings is 1. The van der Waals surface area contributed by atoms with Gasteiger partial charge in [0.05, 0.1) is 17.5 Å². The Balaban J connectivity index is 1.33. The third kappa shape index (κ3) is 6.62. The SMILES string of the molecule is C/C(=C\C(=C/N)c1ccc2[nH]nc(-c3cc4c(-c5cc(F)cc(CNS(C)(=O)=O)c5)cccc4[nH]3)c2c1)CN1CCCCC1. The summed E-state index contributed by atoms with van der Waals surface area (Å²) in [5, 5.41) is 9.66. The van der Waals surface area contributed by atoms with Crippen molar-refractivity contribution in [3.8, 4) is 22.5 Å². The molecule has 0 amide bonds. The molecule has 1 aliphatic rings. The van der Waals surface area contributed by atoms with Crippen LogP contribution in [0.4, 0.5) is 4.39 Å². The molecule has 0 spiro atoms. The van der Waals surface area contributed by atoms with Crippen molar-refractivity contribution in [2.24, 2.45) is 5.73 Å². The van der Waals surface area contributed by atoms with Gasteiger partial charge in [0.25, 0.3) is 0 Å². The highest BCUT2D eigenvalue weighted by molar-refractivity contribution is 7.88. The largest absolute Gasteiger partial charge is 0.404 e. The van der Waals surface area contributed by atoms with Gasteiger partial charge < -0.3 is 10.7 Å². The van der Waals surface area contributed by atoms with Gasteiger partial charge in [0.1, 0.15) is 11.5 Å². The first-order valence-electron chi connectivity index (χ1n) is 14.8. The minimum Gasteiger partial charge on any atom is -0.404 e. The molecule has 1 aliphatic heterocycles. The van der Waals surface area contributed by atoms with E-state index in [1.807, 2.05) is 30.3 Å². The molecule has 0 atom stereocenters. The number of nitrogens with two attached hydrogens (primary N) is 1. The van der Waals surface area contributed by atoms with Gasteiger partial charge in [-0.1, -0.05) is 36.3 Å². The first kappa shape index (κ1) is 29.8. The lowest BCUT2D eigenvalue weighted by Gasteiger charge is -2.26. The fourth-order valence-corrected chi connectivity index (χ4v) is 6.49. The Morgan fingerprint density at radius 1 is 1.05 bits per heavy atom. The summed E-state index contributed by atoms with van der Waals surface area (Å²) < 4.78 is 40.3. The predicted molar refractivity (Wildman–Crippen MR) is 177 cm³/mol. The maximum atomic E-state index is 14.6. The Bertz CT molecular complexity index is 2000. The standard InChI is InChI=1S/C34H37FN6O2S/c1-22(21-41-11-4-3-5-12-41)13-26(19-36)24-9-10-32-30(17-24)34(40-39-32)33-18-29-28(7-6-8-31(29)38-33)25-14-23(15-27(35)16-25)20-37-44(2,42)43/h6-10,13-19,37-38H,3-5,11-12,20-21,36H2,1-2H3,(H,39,40)/b22-13+,26-19+. The fraction of sp³-hybridized carbons (Fsp3) is 0.265. The van der Waals surface area contributed by atoms with Gasteiger partial charge in [-0.2, -0.15) is 5.10 Å². The average molecular weight is 613 g/mol. The molecule has 2 aromatic heterocycles. The van der Waals surface area contributed by atoms with Crippen molar-refractivity contribution in [1.29, 1.82) is 0 Å². The van der Waals surface area contributed by atoms with Crippen LogP contribution in [0.25, 0.3) is 49.9 Å². The molecular formula is C34H37FN6O2S. The number of hydrogen-bond donors (Lipinski definition) is 4. The van der Waals surface area contributed by atoms with Crippen molar-refractivity contribution in [3.63, 3.8) is 0 Å². The van der Waals surface area contributed by atoms with E-state index in [9.17, 15) is 12.8 Å². The summed E-state index contributed by atoms with van der Waals surface area (Å²) in [6.45, 7) is 5.39. The Morgan fingerprint density at radius 3 is 2.64 bits per heavy atom. The quantitative estimate of drug-likeness (QED) is 0.146. The number of nitrogens with one attached hydrogen (secondary N) is 3. The molecule has 1 fully saturated rings. The number of rotatable bonds is 9. The van der Waals surface area contributed by atoms with Gasteiger partial charge in [0, 0.05) is 35.6 Å². The van der Waals surface area contributed by atoms with Crippen LogP contribution in [-0.2, 0) is 16.6 Å². The minimum absolute atomic E-state index is 0.00571. The molecule has 10 heteroatoms. The summed E-state index contributed by atoms with van der Waals surface area (Å²) in [5.41, 5.74) is 14.8. The van der Waals surface area contributed by atoms with E-state index >= 15 is 0 Å². The Morgan fingerprint density at radius 2 is 1.86 bits per heavy atom. The van der Waals surface area contributed by atoms with Crippen LogP contribution in [0.1, 0.15) is 37.3 Å². The highest BCUT2D eigenvalue weighted by Gasteiger charge is 2.16. The van der Waals surface area contributed by atoms with Crippen LogP contribution < -0.4 is 10.5 Å². The number of benzene rings is 3. The lowest BCUT2D eigenvalue weighted by Crippen LogP contribution is -2.31. The molecule has 44 heavy (non-hydrogen) atoms. The van der Waals surface area contributed by atoms with Gasteiger partial charge in [-0.3, -0.25) is 10.00 Å². The molecular weight excluding hydrogens is 575 g/mol. The molecule has 8 nitrogen and oxygen atoms in total. The third-order valence-electron chi connectivity index (χ3n) is 8.13. The summed E-state index contributed by atoms with van der Waals surface area (Å²) in [4.78, 5) is 5.99. The molecule has 1 saturated heterocycles. The van der Waals surface area contributed by atoms with E-state index in [0.717, 1.165) is 75.8 Å². The maximum Gasteiger partial charge on any atom is 0.209 e. The van der Waals surface area contributed by atoms with E-state index in [2.05, 4.69) is 49.9 Å². The van der Waals surface area contributed by atoms with Gasteiger partial charge >= 0.3 is 0 Å². The Hall–Kier alpha value is -4.25. The summed E-state index contributed by atoms with van der Waals surface area (Å²) >= 11 is 0. The van der Waals surface area contributed by atoms with Crippen LogP contribution in [0, 0.1) is 5.82 Å². The van der Waals surface area contributed by atoms with Gasteiger partial charge in [-0.25, -0.2) is 17.5 Å². The van der Waals surface area contributed by atoms with Crippen LogP contribution in [0.15, 0.2) is 78.5 Å². The first-order chi connectivity index (χ1) is 21.2. The fourth-order valence-electron chi connectivity index (χ4n) is 6.06. The summed E-state index contributed by atoms with van der Waals surface area (Å²) in [6.07, 6.45) is 8.74. The highest BCUT2D eigenvalue weighted by Crippen LogP contribution is 2.35. The molecule has 0 saturated carbocycles. The lowest BCUT2D eigenvalue weighted by molar-refractivity contribution is 0.246. The van der Waals surface area contributed by atoms with Crippen molar-refractivity contribution in [3.05, 3.63) is 95.5 Å². The first-order valence-corrected chi connectivity index (χ1v) is 16.7. The number of allylic oxidation sites excluding steroid dienone is 2. The van der Waals surface area contributed by atoms with Gasteiger partial charge in [-0.05, 0) is 103 Å². The molecule has 0 radical (unpaired) electrons. The summed E-state index contributed by atoms with van der Waals surface area (Å²) in [7, 11) is -3.41. The zero-order valence-corrected chi connectivity index (χ0v) is 25.8. The Labute approximate surface area is 256 Å². The van der Waals surface area contributed by atoms with Crippen molar-refractivity contribution in [1.82, 2.24) is 24.8 Å². The Kier molecular flexibility index (Phi) is 8.40. The van der Waals surface area contributed by atoms with Gasteiger partial charge in [0.15, 0.2) is 0 Å². The van der Waals surface area contributed by atoms with Crippen molar-refractivity contribution < 1.29 is 12.8 Å². The number of likely N-dealkylation sites (tertiary alicyclic amines) is 1. The van der Waals surface area contributed by atoms with E-state index in [1.54, 1.807) is 12.3 Å². The molecule has 6 rings (SSSR count). The van der Waals surface area contributed by atoms with Crippen LogP contribution in [0.5, 0.6) is 0 Å². The second-order valence-electron chi connectivity index (χ2n) is 11.7. The molecule has 3 heterocycles. The molecule has 228 valence electrons. The van der Waals surface area contributed by atoms with E-state index in [-0.39, 0.29) is 6.54 Å². The zero-order valence-electron chi connectivity index (χ0n) is 25.0. The maximum absolute atomic E-state index is 14.6. The van der Waals surface area contributed by atoms with Crippen LogP contribution in [-0.4, -0.2) is 54.4 Å². The van der Waals surface area contributed by atoms with Crippen molar-refractivity contribution in [2.75, 3.05) is 25.9 Å². The second kappa shape index (κ2) is 12.4. The van der Waals surface area contributed by atoms with Gasteiger partial charge in [-0.15, -0.1) is 0 Å². The van der Waals surface area contributed by atoms with Crippen molar-refractivity contribution in [2.45, 2.75) is 32.7 Å². The number of sulfonamides is 1. The zero-order chi connectivity index (χ0) is 30.8. The number of halogens is 1. The molecule has 3 aromatic carbocycles. The second-order valence-corrected chi connectivity index (χ2v) is 13.5. The normalized spacial score (nSPS) is 15.4. The topological polar surface area (TPSA) is 120 Å². The summed E-state index contributed by atoms with van der Waals surface area (Å²) in [6, 6.07) is 18.6. The number of aromatic amines is 2. The predicted octanol–water partition coefficient (Wildman–Crippen LogP) is 6.30. The molecule has 0 aliphatic carbocycles. The third-order valence-corrected chi connectivity index (χ3v) is 8.79. The number of aromatic nitrogens is 3. The lowest BCUT2D eigenvalue weighted by atomic mass is 9.99. The average Bonchev–Trinajstić information content (AvgIpc) is 3.62. The van der Waals surface area contributed by atoms with E-state index in [1.165, 1.54) is 37.0 Å². The van der Waals surface area contributed by atoms with Crippen LogP contribution >= 0.6 is 0 Å². The highest BCUT2D eigenvalue weighted by atomic mass is 32.2. The van der Waals surface area contributed by atoms with Gasteiger partial charge in [0.2, 0.25) is 10.0 Å². The number of fused-ring (bicyclic) bond motifs is 2. The molecule has 5 N–H and O–H groups in total. The molecule has 0 bridgehead atoms. The monoisotopic (exact) mass is 612 g/mol. The summed E-state index contributed by atoms with van der Waals surface area (Å²) in [5.74, 6) is -0.435. The molecule has 0 unspecified atom stereocenters. The van der Waals surface area contributed by atoms with Crippen LogP contribution in [0.3, 0.4) is 0 Å². The van der Waals surface area contributed by atoms with Crippen molar-refractivity contribution >= 4 is 37.4 Å². The van der Waals surface area contributed by atoms with Crippen LogP contribution in [0.2, 0.25) is 0 Å². The number of H-pyrrole nitrogens is 2.